The highest BCUT2D eigenvalue weighted by molar-refractivity contribution is 5.37. The molecule has 1 atom stereocenters. The van der Waals surface area contributed by atoms with Crippen LogP contribution in [0.3, 0.4) is 0 Å². The molecule has 0 spiro atoms. The van der Waals surface area contributed by atoms with Gasteiger partial charge in [0.15, 0.2) is 0 Å². The van der Waals surface area contributed by atoms with Gasteiger partial charge in [0.05, 0.1) is 13.3 Å². The Labute approximate surface area is 124 Å². The fourth-order valence-electron chi connectivity index (χ4n) is 2.54. The van der Waals surface area contributed by atoms with Crippen LogP contribution >= 0.6 is 0 Å². The molecule has 0 amide bonds. The zero-order valence-electron chi connectivity index (χ0n) is 12.8. The molecule has 5 heteroatoms. The van der Waals surface area contributed by atoms with Crippen molar-refractivity contribution in [3.63, 3.8) is 0 Å². The molecule has 1 N–H and O–H groups in total. The summed E-state index contributed by atoms with van der Waals surface area (Å²) in [5.74, 6) is 0.360. The molecular formula is C16H22FN3O. The number of nitrogens with zero attached hydrogens (tertiary/aromatic N) is 2. The Kier molecular flexibility index (Phi) is 5.33. The SMILES string of the molecule is CCNC(CCc1cnn(C)c1)c1c(F)cccc1OC. The number of ether oxygens (including phenoxy) is 1. The first-order chi connectivity index (χ1) is 10.2. The molecule has 1 aromatic carbocycles. The van der Waals surface area contributed by atoms with Crippen molar-refractivity contribution in [3.05, 3.63) is 47.5 Å². The van der Waals surface area contributed by atoms with Gasteiger partial charge in [0.2, 0.25) is 0 Å². The number of hydrogen-bond donors (Lipinski definition) is 1. The standard InChI is InChI=1S/C16H22FN3O/c1-4-18-14(9-8-12-10-19-20(2)11-12)16-13(17)6-5-7-15(16)21-3/h5-7,10-11,14,18H,4,8-9H2,1-3H3. The quantitative estimate of drug-likeness (QED) is 0.852. The molecule has 114 valence electrons. The van der Waals surface area contributed by atoms with Crippen molar-refractivity contribution in [2.75, 3.05) is 13.7 Å². The third-order valence-corrected chi connectivity index (χ3v) is 3.51. The van der Waals surface area contributed by atoms with Crippen molar-refractivity contribution in [2.45, 2.75) is 25.8 Å². The lowest BCUT2D eigenvalue weighted by Crippen LogP contribution is -2.23. The summed E-state index contributed by atoms with van der Waals surface area (Å²) in [7, 11) is 3.47. The highest BCUT2D eigenvalue weighted by Gasteiger charge is 2.19. The molecule has 0 bridgehead atoms. The minimum absolute atomic E-state index is 0.0774. The number of benzene rings is 1. The van der Waals surface area contributed by atoms with Crippen molar-refractivity contribution in [3.8, 4) is 5.75 Å². The van der Waals surface area contributed by atoms with Crippen molar-refractivity contribution in [1.82, 2.24) is 15.1 Å². The summed E-state index contributed by atoms with van der Waals surface area (Å²) < 4.78 is 21.3. The zero-order chi connectivity index (χ0) is 15.2. The van der Waals surface area contributed by atoms with E-state index in [0.717, 1.165) is 24.9 Å². The molecular weight excluding hydrogens is 269 g/mol. The maximum atomic E-state index is 14.2. The van der Waals surface area contributed by atoms with E-state index in [-0.39, 0.29) is 11.9 Å². The Morgan fingerprint density at radius 2 is 2.24 bits per heavy atom. The summed E-state index contributed by atoms with van der Waals surface area (Å²) in [6.45, 7) is 2.79. The predicted molar refractivity (Wildman–Crippen MR) is 80.9 cm³/mol. The monoisotopic (exact) mass is 291 g/mol. The molecule has 0 saturated heterocycles. The third-order valence-electron chi connectivity index (χ3n) is 3.51. The van der Waals surface area contributed by atoms with Gasteiger partial charge in [0, 0.05) is 24.8 Å². The average molecular weight is 291 g/mol. The van der Waals surface area contributed by atoms with Crippen molar-refractivity contribution in [2.24, 2.45) is 7.05 Å². The molecule has 1 unspecified atom stereocenters. The first-order valence-corrected chi connectivity index (χ1v) is 7.19. The molecule has 2 rings (SSSR count). The summed E-state index contributed by atoms with van der Waals surface area (Å²) in [5, 5.41) is 7.51. The normalized spacial score (nSPS) is 12.4. The topological polar surface area (TPSA) is 39.1 Å². The number of aromatic nitrogens is 2. The lowest BCUT2D eigenvalue weighted by molar-refractivity contribution is 0.386. The van der Waals surface area contributed by atoms with Crippen molar-refractivity contribution in [1.29, 1.82) is 0 Å². The van der Waals surface area contributed by atoms with Gasteiger partial charge in [0.25, 0.3) is 0 Å². The Morgan fingerprint density at radius 3 is 2.86 bits per heavy atom. The summed E-state index contributed by atoms with van der Waals surface area (Å²) in [5.41, 5.74) is 1.75. The number of nitrogens with one attached hydrogen (secondary N) is 1. The lowest BCUT2D eigenvalue weighted by Gasteiger charge is -2.21. The summed E-state index contributed by atoms with van der Waals surface area (Å²) in [4.78, 5) is 0. The largest absolute Gasteiger partial charge is 0.496 e. The molecule has 0 fully saturated rings. The van der Waals surface area contributed by atoms with E-state index < -0.39 is 0 Å². The number of aryl methyl sites for hydroxylation is 2. The molecule has 1 heterocycles. The van der Waals surface area contributed by atoms with Crippen LogP contribution in [0.15, 0.2) is 30.6 Å². The van der Waals surface area contributed by atoms with Crippen LogP contribution in [0.4, 0.5) is 4.39 Å². The van der Waals surface area contributed by atoms with E-state index in [1.807, 2.05) is 26.4 Å². The highest BCUT2D eigenvalue weighted by Crippen LogP contribution is 2.30. The average Bonchev–Trinajstić information content (AvgIpc) is 2.89. The van der Waals surface area contributed by atoms with Crippen molar-refractivity contribution >= 4 is 0 Å². The smallest absolute Gasteiger partial charge is 0.131 e. The van der Waals surface area contributed by atoms with E-state index in [1.54, 1.807) is 23.9 Å². The van der Waals surface area contributed by atoms with Crippen LogP contribution < -0.4 is 10.1 Å². The molecule has 0 aliphatic heterocycles. The third kappa shape index (κ3) is 3.82. The van der Waals surface area contributed by atoms with Crippen LogP contribution in [0.25, 0.3) is 0 Å². The molecule has 0 radical (unpaired) electrons. The Balaban J connectivity index is 2.18. The van der Waals surface area contributed by atoms with Gasteiger partial charge in [0.1, 0.15) is 11.6 Å². The number of hydrogen-bond acceptors (Lipinski definition) is 3. The lowest BCUT2D eigenvalue weighted by atomic mass is 9.98. The van der Waals surface area contributed by atoms with Crippen molar-refractivity contribution < 1.29 is 9.13 Å². The van der Waals surface area contributed by atoms with E-state index in [0.29, 0.717) is 11.3 Å². The fourth-order valence-corrected chi connectivity index (χ4v) is 2.54. The highest BCUT2D eigenvalue weighted by atomic mass is 19.1. The van der Waals surface area contributed by atoms with Gasteiger partial charge in [-0.2, -0.15) is 5.10 Å². The molecule has 4 nitrogen and oxygen atoms in total. The van der Waals surface area contributed by atoms with Crippen LogP contribution in [0.1, 0.15) is 30.5 Å². The fraction of sp³-hybridized carbons (Fsp3) is 0.438. The van der Waals surface area contributed by atoms with Crippen LogP contribution in [0, 0.1) is 5.82 Å². The second kappa shape index (κ2) is 7.22. The van der Waals surface area contributed by atoms with Gasteiger partial charge >= 0.3 is 0 Å². The van der Waals surface area contributed by atoms with E-state index in [9.17, 15) is 4.39 Å². The van der Waals surface area contributed by atoms with E-state index in [4.69, 9.17) is 4.74 Å². The Bertz CT molecular complexity index is 583. The number of methoxy groups -OCH3 is 1. The predicted octanol–water partition coefficient (Wildman–Crippen LogP) is 2.85. The molecule has 0 aliphatic carbocycles. The Hall–Kier alpha value is -1.88. The summed E-state index contributed by atoms with van der Waals surface area (Å²) in [6.07, 6.45) is 5.46. The number of halogens is 1. The van der Waals surface area contributed by atoms with Crippen LogP contribution in [-0.4, -0.2) is 23.4 Å². The van der Waals surface area contributed by atoms with Gasteiger partial charge in [-0.25, -0.2) is 4.39 Å². The first kappa shape index (κ1) is 15.5. The first-order valence-electron chi connectivity index (χ1n) is 7.19. The van der Waals surface area contributed by atoms with E-state index in [1.165, 1.54) is 6.07 Å². The maximum absolute atomic E-state index is 14.2. The second-order valence-electron chi connectivity index (χ2n) is 5.03. The van der Waals surface area contributed by atoms with Gasteiger partial charge in [-0.3, -0.25) is 4.68 Å². The van der Waals surface area contributed by atoms with Crippen LogP contribution in [-0.2, 0) is 13.5 Å². The van der Waals surface area contributed by atoms with E-state index >= 15 is 0 Å². The number of rotatable bonds is 7. The Morgan fingerprint density at radius 1 is 1.43 bits per heavy atom. The molecule has 0 aliphatic rings. The van der Waals surface area contributed by atoms with Gasteiger partial charge < -0.3 is 10.1 Å². The molecule has 0 saturated carbocycles. The molecule has 2 aromatic rings. The van der Waals surface area contributed by atoms with Crippen LogP contribution in [0.5, 0.6) is 5.75 Å². The minimum Gasteiger partial charge on any atom is -0.496 e. The maximum Gasteiger partial charge on any atom is 0.131 e. The molecule has 21 heavy (non-hydrogen) atoms. The second-order valence-corrected chi connectivity index (χ2v) is 5.03. The van der Waals surface area contributed by atoms with Gasteiger partial charge in [-0.05, 0) is 37.1 Å². The van der Waals surface area contributed by atoms with E-state index in [2.05, 4.69) is 10.4 Å². The summed E-state index contributed by atoms with van der Waals surface area (Å²) >= 11 is 0. The van der Waals surface area contributed by atoms with Gasteiger partial charge in [-0.15, -0.1) is 0 Å². The zero-order valence-corrected chi connectivity index (χ0v) is 12.8. The minimum atomic E-state index is -0.230. The van der Waals surface area contributed by atoms with Gasteiger partial charge in [-0.1, -0.05) is 13.0 Å². The van der Waals surface area contributed by atoms with Crippen LogP contribution in [0.2, 0.25) is 0 Å². The summed E-state index contributed by atoms with van der Waals surface area (Å²) in [6, 6.07) is 4.87. The molecule has 1 aromatic heterocycles.